The van der Waals surface area contributed by atoms with Gasteiger partial charge in [-0.25, -0.2) is 4.68 Å². The van der Waals surface area contributed by atoms with Crippen LogP contribution in [-0.2, 0) is 10.7 Å². The number of nitrogen functional groups attached to an aromatic ring is 1. The maximum absolute atomic E-state index is 11.1. The summed E-state index contributed by atoms with van der Waals surface area (Å²) in [5.74, 6) is 0. The third-order valence-electron chi connectivity index (χ3n) is 3.29. The van der Waals surface area contributed by atoms with E-state index in [1.165, 1.54) is 0 Å². The number of hydrogen-bond acceptors (Lipinski definition) is 4. The third kappa shape index (κ3) is 3.65. The lowest BCUT2D eigenvalue weighted by atomic mass is 10.1. The Morgan fingerprint density at radius 1 is 1.13 bits per heavy atom. The SMILES string of the molecule is Nc1ccccc1-c1cn(-c2cccc(CP(=O)(O)O)c2)nn1. The fraction of sp³-hybridized carbons (Fsp3) is 0.0667. The first-order valence-electron chi connectivity index (χ1n) is 6.83. The Balaban J connectivity index is 1.93. The topological polar surface area (TPSA) is 114 Å². The molecule has 2 aromatic carbocycles. The van der Waals surface area contributed by atoms with Crippen LogP contribution in [0.3, 0.4) is 0 Å². The van der Waals surface area contributed by atoms with Crippen LogP contribution in [-0.4, -0.2) is 24.8 Å². The molecule has 7 nitrogen and oxygen atoms in total. The van der Waals surface area contributed by atoms with E-state index < -0.39 is 7.60 Å². The minimum Gasteiger partial charge on any atom is -0.398 e. The van der Waals surface area contributed by atoms with Crippen molar-refractivity contribution in [2.24, 2.45) is 0 Å². The van der Waals surface area contributed by atoms with Crippen LogP contribution in [0.1, 0.15) is 5.56 Å². The van der Waals surface area contributed by atoms with E-state index in [0.29, 0.717) is 22.6 Å². The van der Waals surface area contributed by atoms with Gasteiger partial charge >= 0.3 is 7.60 Å². The summed E-state index contributed by atoms with van der Waals surface area (Å²) < 4.78 is 12.7. The summed E-state index contributed by atoms with van der Waals surface area (Å²) in [6.07, 6.45) is 1.41. The van der Waals surface area contributed by atoms with Crippen LogP contribution in [0.15, 0.2) is 54.7 Å². The molecule has 4 N–H and O–H groups in total. The number of benzene rings is 2. The van der Waals surface area contributed by atoms with Gasteiger partial charge in [0.05, 0.1) is 18.0 Å². The van der Waals surface area contributed by atoms with Crippen molar-refractivity contribution in [1.82, 2.24) is 15.0 Å². The van der Waals surface area contributed by atoms with E-state index in [-0.39, 0.29) is 6.16 Å². The minimum absolute atomic E-state index is 0.311. The highest BCUT2D eigenvalue weighted by atomic mass is 31.2. The van der Waals surface area contributed by atoms with Gasteiger partial charge in [-0.3, -0.25) is 4.57 Å². The second kappa shape index (κ2) is 5.96. The smallest absolute Gasteiger partial charge is 0.329 e. The van der Waals surface area contributed by atoms with Crippen LogP contribution < -0.4 is 5.73 Å². The number of nitrogens with zero attached hydrogens (tertiary/aromatic N) is 3. The van der Waals surface area contributed by atoms with Crippen molar-refractivity contribution in [3.63, 3.8) is 0 Å². The molecule has 3 aromatic rings. The van der Waals surface area contributed by atoms with Gasteiger partial charge in [0, 0.05) is 11.3 Å². The molecule has 0 aliphatic heterocycles. The van der Waals surface area contributed by atoms with E-state index in [0.717, 1.165) is 5.56 Å². The third-order valence-corrected chi connectivity index (χ3v) is 4.07. The summed E-state index contributed by atoms with van der Waals surface area (Å²) in [5, 5.41) is 8.17. The van der Waals surface area contributed by atoms with Crippen LogP contribution in [0.2, 0.25) is 0 Å². The van der Waals surface area contributed by atoms with E-state index in [1.54, 1.807) is 41.2 Å². The molecular weight excluding hydrogens is 315 g/mol. The van der Waals surface area contributed by atoms with Crippen LogP contribution in [0.4, 0.5) is 5.69 Å². The maximum Gasteiger partial charge on any atom is 0.329 e. The molecule has 0 amide bonds. The molecule has 0 atom stereocenters. The summed E-state index contributed by atoms with van der Waals surface area (Å²) in [6, 6.07) is 14.2. The summed E-state index contributed by atoms with van der Waals surface area (Å²) >= 11 is 0. The molecule has 3 rings (SSSR count). The fourth-order valence-corrected chi connectivity index (χ4v) is 2.95. The lowest BCUT2D eigenvalue weighted by molar-refractivity contribution is 0.371. The molecule has 118 valence electrons. The van der Waals surface area contributed by atoms with Crippen LogP contribution in [0.5, 0.6) is 0 Å². The summed E-state index contributed by atoms with van der Waals surface area (Å²) in [5.41, 5.74) is 9.15. The van der Waals surface area contributed by atoms with Gasteiger partial charge in [0.25, 0.3) is 0 Å². The van der Waals surface area contributed by atoms with E-state index in [9.17, 15) is 4.57 Å². The molecule has 0 saturated carbocycles. The zero-order valence-corrected chi connectivity index (χ0v) is 13.0. The number of hydrogen-bond donors (Lipinski definition) is 3. The van der Waals surface area contributed by atoms with Crippen molar-refractivity contribution >= 4 is 13.3 Å². The Morgan fingerprint density at radius 2 is 1.91 bits per heavy atom. The number of aromatic nitrogens is 3. The lowest BCUT2D eigenvalue weighted by Crippen LogP contribution is -1.96. The molecule has 0 radical (unpaired) electrons. The van der Waals surface area contributed by atoms with Gasteiger partial charge in [-0.1, -0.05) is 35.5 Å². The zero-order valence-electron chi connectivity index (χ0n) is 12.1. The van der Waals surface area contributed by atoms with Gasteiger partial charge in [0.2, 0.25) is 0 Å². The second-order valence-corrected chi connectivity index (χ2v) is 6.77. The van der Waals surface area contributed by atoms with Gasteiger partial charge in [0.1, 0.15) is 5.69 Å². The number of anilines is 1. The number of rotatable bonds is 4. The molecule has 1 aromatic heterocycles. The Kier molecular flexibility index (Phi) is 4.00. The number of para-hydroxylation sites is 1. The molecular formula is C15H15N4O3P. The standard InChI is InChI=1S/C15H15N4O3P/c16-14-7-2-1-6-13(14)15-9-19(18-17-15)12-5-3-4-11(8-12)10-23(20,21)22/h1-9H,10,16H2,(H2,20,21,22). The van der Waals surface area contributed by atoms with E-state index in [4.69, 9.17) is 15.5 Å². The Labute approximate surface area is 132 Å². The molecule has 0 fully saturated rings. The van der Waals surface area contributed by atoms with Gasteiger partial charge < -0.3 is 15.5 Å². The summed E-state index contributed by atoms with van der Waals surface area (Å²) in [7, 11) is -4.11. The predicted octanol–water partition coefficient (Wildman–Crippen LogP) is 2.19. The van der Waals surface area contributed by atoms with Crippen molar-refractivity contribution in [2.75, 3.05) is 5.73 Å². The quantitative estimate of drug-likeness (QED) is 0.499. The molecule has 8 heteroatoms. The lowest BCUT2D eigenvalue weighted by Gasteiger charge is -2.06. The normalized spacial score (nSPS) is 11.6. The first-order chi connectivity index (χ1) is 10.9. The molecule has 0 aliphatic rings. The largest absolute Gasteiger partial charge is 0.398 e. The van der Waals surface area contributed by atoms with Gasteiger partial charge in [-0.15, -0.1) is 5.10 Å². The van der Waals surface area contributed by atoms with E-state index in [1.807, 2.05) is 18.2 Å². The molecule has 0 spiro atoms. The molecule has 0 bridgehead atoms. The molecule has 23 heavy (non-hydrogen) atoms. The van der Waals surface area contributed by atoms with Crippen LogP contribution in [0.25, 0.3) is 16.9 Å². The average Bonchev–Trinajstić information content (AvgIpc) is 2.96. The second-order valence-electron chi connectivity index (χ2n) is 5.13. The predicted molar refractivity (Wildman–Crippen MR) is 87.0 cm³/mol. The van der Waals surface area contributed by atoms with Crippen molar-refractivity contribution in [2.45, 2.75) is 6.16 Å². The van der Waals surface area contributed by atoms with Crippen molar-refractivity contribution < 1.29 is 14.4 Å². The highest BCUT2D eigenvalue weighted by Gasteiger charge is 2.15. The van der Waals surface area contributed by atoms with Crippen LogP contribution >= 0.6 is 7.60 Å². The van der Waals surface area contributed by atoms with Crippen molar-refractivity contribution in [3.05, 3.63) is 60.3 Å². The molecule has 0 aliphatic carbocycles. The number of nitrogens with two attached hydrogens (primary N) is 1. The highest BCUT2D eigenvalue weighted by molar-refractivity contribution is 7.50. The summed E-state index contributed by atoms with van der Waals surface area (Å²) in [4.78, 5) is 18.2. The fourth-order valence-electron chi connectivity index (χ4n) is 2.28. The monoisotopic (exact) mass is 330 g/mol. The van der Waals surface area contributed by atoms with E-state index >= 15 is 0 Å². The molecule has 0 unspecified atom stereocenters. The summed E-state index contributed by atoms with van der Waals surface area (Å²) in [6.45, 7) is 0. The van der Waals surface area contributed by atoms with Crippen LogP contribution in [0, 0.1) is 0 Å². The van der Waals surface area contributed by atoms with Gasteiger partial charge in [-0.2, -0.15) is 0 Å². The van der Waals surface area contributed by atoms with Crippen molar-refractivity contribution in [1.29, 1.82) is 0 Å². The minimum atomic E-state index is -4.11. The Hall–Kier alpha value is -2.47. The Morgan fingerprint density at radius 3 is 2.65 bits per heavy atom. The highest BCUT2D eigenvalue weighted by Crippen LogP contribution is 2.39. The molecule has 0 saturated heterocycles. The zero-order chi connectivity index (χ0) is 16.4. The Bertz CT molecular complexity index is 888. The van der Waals surface area contributed by atoms with Gasteiger partial charge in [0.15, 0.2) is 0 Å². The maximum atomic E-state index is 11.1. The average molecular weight is 330 g/mol. The first kappa shape index (κ1) is 15.4. The van der Waals surface area contributed by atoms with E-state index in [2.05, 4.69) is 10.3 Å². The first-order valence-corrected chi connectivity index (χ1v) is 8.63. The van der Waals surface area contributed by atoms with Crippen molar-refractivity contribution in [3.8, 4) is 16.9 Å². The molecule has 1 heterocycles. The van der Waals surface area contributed by atoms with Gasteiger partial charge in [-0.05, 0) is 23.8 Å².